The van der Waals surface area contributed by atoms with Gasteiger partial charge >= 0.3 is 0 Å². The predicted octanol–water partition coefficient (Wildman–Crippen LogP) is 1.17. The highest BCUT2D eigenvalue weighted by molar-refractivity contribution is 5.95. The Morgan fingerprint density at radius 2 is 1.73 bits per heavy atom. The Kier molecular flexibility index (Phi) is 7.98. The normalized spacial score (nSPS) is 22.4. The summed E-state index contributed by atoms with van der Waals surface area (Å²) in [5.74, 6) is 0.0224. The second kappa shape index (κ2) is 11.1. The summed E-state index contributed by atoms with van der Waals surface area (Å²) in [6, 6.07) is 7.08. The number of amides is 3. The van der Waals surface area contributed by atoms with E-state index in [1.165, 1.54) is 0 Å². The second-order valence-corrected chi connectivity index (χ2v) is 9.38. The van der Waals surface area contributed by atoms with Crippen LogP contribution in [0.4, 0.5) is 0 Å². The van der Waals surface area contributed by atoms with Gasteiger partial charge in [-0.05, 0) is 56.5 Å². The number of benzene rings is 1. The second-order valence-electron chi connectivity index (χ2n) is 9.38. The van der Waals surface area contributed by atoms with Crippen molar-refractivity contribution in [1.29, 1.82) is 0 Å². The summed E-state index contributed by atoms with van der Waals surface area (Å²) >= 11 is 0. The van der Waals surface area contributed by atoms with Crippen LogP contribution in [-0.2, 0) is 16.1 Å². The molecule has 0 bridgehead atoms. The maximum absolute atomic E-state index is 12.8. The SMILES string of the molecule is CCN1CCN(CCCNC(=O)c2ccc(CN3CC(=O)N4CCCC[C@H]4C3=O)cc2)CC1. The number of hydrogen-bond donors (Lipinski definition) is 1. The number of likely N-dealkylation sites (N-methyl/N-ethyl adjacent to an activating group) is 1. The molecule has 33 heavy (non-hydrogen) atoms. The zero-order valence-electron chi connectivity index (χ0n) is 19.8. The third kappa shape index (κ3) is 5.92. The van der Waals surface area contributed by atoms with E-state index in [-0.39, 0.29) is 30.3 Å². The van der Waals surface area contributed by atoms with E-state index in [9.17, 15) is 14.4 Å². The zero-order chi connectivity index (χ0) is 23.2. The van der Waals surface area contributed by atoms with Crippen LogP contribution >= 0.6 is 0 Å². The van der Waals surface area contributed by atoms with Crippen molar-refractivity contribution in [3.63, 3.8) is 0 Å². The number of piperidine rings is 1. The zero-order valence-corrected chi connectivity index (χ0v) is 19.8. The van der Waals surface area contributed by atoms with Gasteiger partial charge in [-0.3, -0.25) is 14.4 Å². The molecule has 3 aliphatic heterocycles. The van der Waals surface area contributed by atoms with Crippen LogP contribution in [0.15, 0.2) is 24.3 Å². The van der Waals surface area contributed by atoms with Crippen molar-refractivity contribution in [2.24, 2.45) is 0 Å². The van der Waals surface area contributed by atoms with E-state index in [4.69, 9.17) is 0 Å². The molecule has 0 saturated carbocycles. The highest BCUT2D eigenvalue weighted by atomic mass is 16.2. The minimum Gasteiger partial charge on any atom is -0.352 e. The van der Waals surface area contributed by atoms with Crippen LogP contribution in [0.2, 0.25) is 0 Å². The van der Waals surface area contributed by atoms with Gasteiger partial charge in [-0.1, -0.05) is 19.1 Å². The molecule has 0 aliphatic carbocycles. The monoisotopic (exact) mass is 455 g/mol. The van der Waals surface area contributed by atoms with E-state index in [1.54, 1.807) is 21.9 Å². The quantitative estimate of drug-likeness (QED) is 0.596. The van der Waals surface area contributed by atoms with Crippen LogP contribution in [0, 0.1) is 0 Å². The number of nitrogens with zero attached hydrogens (tertiary/aromatic N) is 4. The van der Waals surface area contributed by atoms with Crippen molar-refractivity contribution in [2.45, 2.75) is 45.2 Å². The van der Waals surface area contributed by atoms with Crippen molar-refractivity contribution >= 4 is 17.7 Å². The maximum Gasteiger partial charge on any atom is 0.251 e. The highest BCUT2D eigenvalue weighted by Gasteiger charge is 2.40. The molecule has 0 radical (unpaired) electrons. The summed E-state index contributed by atoms with van der Waals surface area (Å²) < 4.78 is 0. The fraction of sp³-hybridized carbons (Fsp3) is 0.640. The lowest BCUT2D eigenvalue weighted by molar-refractivity contribution is -0.158. The molecule has 3 heterocycles. The van der Waals surface area contributed by atoms with Gasteiger partial charge in [0.25, 0.3) is 5.91 Å². The molecular formula is C25H37N5O3. The lowest BCUT2D eigenvalue weighted by atomic mass is 9.98. The van der Waals surface area contributed by atoms with Crippen molar-refractivity contribution < 1.29 is 14.4 Å². The van der Waals surface area contributed by atoms with Gasteiger partial charge in [-0.15, -0.1) is 0 Å². The first-order valence-corrected chi connectivity index (χ1v) is 12.4. The summed E-state index contributed by atoms with van der Waals surface area (Å²) in [5.41, 5.74) is 1.55. The van der Waals surface area contributed by atoms with E-state index in [0.29, 0.717) is 25.2 Å². The number of carbonyl (C=O) groups excluding carboxylic acids is 3. The highest BCUT2D eigenvalue weighted by Crippen LogP contribution is 2.24. The molecule has 0 aromatic heterocycles. The lowest BCUT2D eigenvalue weighted by Gasteiger charge is -2.42. The van der Waals surface area contributed by atoms with Crippen LogP contribution in [0.5, 0.6) is 0 Å². The van der Waals surface area contributed by atoms with Gasteiger partial charge in [0, 0.05) is 51.4 Å². The first kappa shape index (κ1) is 23.7. The van der Waals surface area contributed by atoms with Gasteiger partial charge in [0.15, 0.2) is 0 Å². The standard InChI is InChI=1S/C25H37N5O3/c1-2-27-14-16-28(17-15-27)12-5-11-26-24(32)21-9-7-20(8-10-21)18-29-19-23(31)30-13-4-3-6-22(30)25(29)33/h7-10,22H,2-6,11-19H2,1H3,(H,26,32)/t22-/m0/s1. The van der Waals surface area contributed by atoms with E-state index in [1.807, 2.05) is 12.1 Å². The fourth-order valence-corrected chi connectivity index (χ4v) is 5.08. The van der Waals surface area contributed by atoms with Crippen molar-refractivity contribution in [1.82, 2.24) is 24.9 Å². The molecule has 1 aromatic rings. The lowest BCUT2D eigenvalue weighted by Crippen LogP contribution is -2.60. The van der Waals surface area contributed by atoms with E-state index >= 15 is 0 Å². The summed E-state index contributed by atoms with van der Waals surface area (Å²) in [7, 11) is 0. The first-order valence-electron chi connectivity index (χ1n) is 12.4. The molecule has 1 aromatic carbocycles. The molecule has 3 aliphatic rings. The third-order valence-electron chi connectivity index (χ3n) is 7.18. The van der Waals surface area contributed by atoms with Crippen LogP contribution in [-0.4, -0.2) is 102 Å². The van der Waals surface area contributed by atoms with Crippen LogP contribution in [0.3, 0.4) is 0 Å². The largest absolute Gasteiger partial charge is 0.352 e. The Bertz CT molecular complexity index is 835. The number of fused-ring (bicyclic) bond motifs is 1. The summed E-state index contributed by atoms with van der Waals surface area (Å²) in [6.45, 7) is 10.7. The molecule has 1 N–H and O–H groups in total. The predicted molar refractivity (Wildman–Crippen MR) is 127 cm³/mol. The Labute approximate surface area is 196 Å². The average molecular weight is 456 g/mol. The molecule has 0 unspecified atom stereocenters. The first-order chi connectivity index (χ1) is 16.0. The average Bonchev–Trinajstić information content (AvgIpc) is 2.85. The fourth-order valence-electron chi connectivity index (χ4n) is 5.08. The van der Waals surface area contributed by atoms with E-state index in [2.05, 4.69) is 22.0 Å². The van der Waals surface area contributed by atoms with Crippen molar-refractivity contribution in [2.75, 3.05) is 58.9 Å². The number of carbonyl (C=O) groups is 3. The van der Waals surface area contributed by atoms with Crippen molar-refractivity contribution in [3.05, 3.63) is 35.4 Å². The molecule has 8 heteroatoms. The smallest absolute Gasteiger partial charge is 0.251 e. The number of rotatable bonds is 8. The number of nitrogens with one attached hydrogen (secondary N) is 1. The van der Waals surface area contributed by atoms with Gasteiger partial charge < -0.3 is 24.9 Å². The van der Waals surface area contributed by atoms with Crippen LogP contribution in [0.25, 0.3) is 0 Å². The van der Waals surface area contributed by atoms with Gasteiger partial charge in [0.05, 0.1) is 0 Å². The van der Waals surface area contributed by atoms with Crippen LogP contribution in [0.1, 0.15) is 48.5 Å². The summed E-state index contributed by atoms with van der Waals surface area (Å²) in [5, 5.41) is 3.01. The Hall–Kier alpha value is -2.45. The molecule has 4 rings (SSSR count). The van der Waals surface area contributed by atoms with Gasteiger partial charge in [0.2, 0.25) is 11.8 Å². The van der Waals surface area contributed by atoms with Crippen molar-refractivity contribution in [3.8, 4) is 0 Å². The summed E-state index contributed by atoms with van der Waals surface area (Å²) in [4.78, 5) is 46.1. The topological polar surface area (TPSA) is 76.2 Å². The minimum atomic E-state index is -0.291. The molecule has 0 spiro atoms. The third-order valence-corrected chi connectivity index (χ3v) is 7.18. The van der Waals surface area contributed by atoms with Crippen LogP contribution < -0.4 is 5.32 Å². The molecule has 3 amide bonds. The molecule has 1 atom stereocenters. The molecule has 3 saturated heterocycles. The molecule has 3 fully saturated rings. The maximum atomic E-state index is 12.8. The summed E-state index contributed by atoms with van der Waals surface area (Å²) in [6.07, 6.45) is 3.68. The Balaban J connectivity index is 1.21. The van der Waals surface area contributed by atoms with Gasteiger partial charge in [0.1, 0.15) is 12.6 Å². The Morgan fingerprint density at radius 3 is 2.45 bits per heavy atom. The van der Waals surface area contributed by atoms with Gasteiger partial charge in [-0.2, -0.15) is 0 Å². The minimum absolute atomic E-state index is 0.0440. The van der Waals surface area contributed by atoms with E-state index < -0.39 is 0 Å². The Morgan fingerprint density at radius 1 is 1.00 bits per heavy atom. The molecular weight excluding hydrogens is 418 g/mol. The number of hydrogen-bond acceptors (Lipinski definition) is 5. The molecule has 180 valence electrons. The molecule has 8 nitrogen and oxygen atoms in total. The number of piperazine rings is 2. The van der Waals surface area contributed by atoms with E-state index in [0.717, 1.165) is 70.5 Å². The van der Waals surface area contributed by atoms with Gasteiger partial charge in [-0.25, -0.2) is 0 Å².